The van der Waals surface area contributed by atoms with Gasteiger partial charge < -0.3 is 10.1 Å². The number of H-pyrrole nitrogens is 1. The molecule has 0 aliphatic carbocycles. The van der Waals surface area contributed by atoms with Crippen LogP contribution in [0.25, 0.3) is 0 Å². The average molecular weight is 330 g/mol. The zero-order valence-electron chi connectivity index (χ0n) is 13.9. The summed E-state index contributed by atoms with van der Waals surface area (Å²) < 4.78 is 6.47. The van der Waals surface area contributed by atoms with Crippen molar-refractivity contribution in [3.05, 3.63) is 56.4 Å². The van der Waals surface area contributed by atoms with E-state index in [-0.39, 0.29) is 18.0 Å². The second-order valence-corrected chi connectivity index (χ2v) is 6.17. The van der Waals surface area contributed by atoms with Gasteiger partial charge in [-0.15, -0.1) is 0 Å². The maximum absolute atomic E-state index is 12.3. The van der Waals surface area contributed by atoms with Crippen LogP contribution >= 0.6 is 0 Å². The molecule has 128 valence electrons. The Hall–Kier alpha value is -2.41. The van der Waals surface area contributed by atoms with E-state index < -0.39 is 11.4 Å². The van der Waals surface area contributed by atoms with Crippen LogP contribution < -0.4 is 16.7 Å². The molecule has 0 bridgehead atoms. The molecule has 3 rings (SSSR count). The van der Waals surface area contributed by atoms with Gasteiger partial charge in [0, 0.05) is 19.3 Å². The van der Waals surface area contributed by atoms with Gasteiger partial charge >= 0.3 is 11.4 Å². The molecular formula is C17H22N4O3. The largest absolute Gasteiger partial charge is 0.381 e. The number of hydrogen-bond acceptors (Lipinski definition) is 5. The number of rotatable bonds is 4. The third-order valence-electron chi connectivity index (χ3n) is 4.31. The van der Waals surface area contributed by atoms with Crippen molar-refractivity contribution >= 4 is 5.95 Å². The Morgan fingerprint density at radius 2 is 2.08 bits per heavy atom. The van der Waals surface area contributed by atoms with Crippen LogP contribution in [-0.4, -0.2) is 27.7 Å². The van der Waals surface area contributed by atoms with E-state index in [1.807, 2.05) is 32.0 Å². The molecule has 0 saturated carbocycles. The van der Waals surface area contributed by atoms with E-state index in [1.54, 1.807) is 0 Å². The van der Waals surface area contributed by atoms with E-state index in [9.17, 15) is 9.59 Å². The fourth-order valence-electron chi connectivity index (χ4n) is 2.99. The summed E-state index contributed by atoms with van der Waals surface area (Å²) in [6.45, 7) is 5.09. The molecule has 2 heterocycles. The molecule has 2 N–H and O–H groups in total. The number of aromatic amines is 1. The van der Waals surface area contributed by atoms with Gasteiger partial charge in [-0.25, -0.2) is 14.2 Å². The summed E-state index contributed by atoms with van der Waals surface area (Å²) >= 11 is 0. The average Bonchev–Trinajstić information content (AvgIpc) is 2.55. The number of nitrogens with one attached hydrogen (secondary N) is 2. The lowest BCUT2D eigenvalue weighted by atomic mass is 10.1. The Morgan fingerprint density at radius 3 is 2.75 bits per heavy atom. The molecule has 1 aromatic carbocycles. The summed E-state index contributed by atoms with van der Waals surface area (Å²) in [6.07, 6.45) is 1.30. The second-order valence-electron chi connectivity index (χ2n) is 6.17. The van der Waals surface area contributed by atoms with Gasteiger partial charge in [-0.05, 0) is 32.3 Å². The van der Waals surface area contributed by atoms with Crippen molar-refractivity contribution in [1.82, 2.24) is 14.5 Å². The Bertz CT molecular complexity index is 790. The zero-order valence-corrected chi connectivity index (χ0v) is 13.9. The number of ether oxygens (including phenoxy) is 1. The van der Waals surface area contributed by atoms with Gasteiger partial charge in [0.25, 0.3) is 0 Å². The van der Waals surface area contributed by atoms with Gasteiger partial charge in [0.2, 0.25) is 5.95 Å². The first-order valence-corrected chi connectivity index (χ1v) is 8.18. The lowest BCUT2D eigenvalue weighted by molar-refractivity contribution is 0.0670. The second kappa shape index (κ2) is 7.00. The van der Waals surface area contributed by atoms with E-state index in [0.717, 1.165) is 11.1 Å². The molecule has 7 nitrogen and oxygen atoms in total. The molecule has 7 heteroatoms. The monoisotopic (exact) mass is 330 g/mol. The molecule has 1 aliphatic rings. The molecule has 1 unspecified atom stereocenters. The summed E-state index contributed by atoms with van der Waals surface area (Å²) in [5, 5.41) is 3.09. The fraction of sp³-hybridized carbons (Fsp3) is 0.471. The molecule has 2 aromatic rings. The highest BCUT2D eigenvalue weighted by Crippen LogP contribution is 2.18. The van der Waals surface area contributed by atoms with Gasteiger partial charge in [0.05, 0.1) is 6.04 Å². The number of benzene rings is 1. The summed E-state index contributed by atoms with van der Waals surface area (Å²) in [7, 11) is 0. The number of nitrogens with zero attached hydrogens (tertiary/aromatic N) is 2. The molecule has 0 spiro atoms. The molecule has 24 heavy (non-hydrogen) atoms. The van der Waals surface area contributed by atoms with Crippen molar-refractivity contribution in [3.63, 3.8) is 0 Å². The molecule has 1 atom stereocenters. The van der Waals surface area contributed by atoms with E-state index in [4.69, 9.17) is 4.74 Å². The highest BCUT2D eigenvalue weighted by molar-refractivity contribution is 5.32. The predicted octanol–water partition coefficient (Wildman–Crippen LogP) is 1.76. The third kappa shape index (κ3) is 3.56. The van der Waals surface area contributed by atoms with Crippen molar-refractivity contribution in [2.75, 3.05) is 18.5 Å². The van der Waals surface area contributed by atoms with Crippen molar-refractivity contribution in [1.29, 1.82) is 0 Å². The Morgan fingerprint density at radius 1 is 1.33 bits per heavy atom. The SMILES string of the molecule is Cc1cccc(C(C)Nc2nc(=O)n(C3CCOCC3)c(=O)[nH]2)c1. The van der Waals surface area contributed by atoms with Gasteiger partial charge in [0.1, 0.15) is 0 Å². The van der Waals surface area contributed by atoms with Crippen LogP contribution in [0.3, 0.4) is 0 Å². The predicted molar refractivity (Wildman–Crippen MR) is 91.4 cm³/mol. The van der Waals surface area contributed by atoms with Gasteiger partial charge in [-0.3, -0.25) is 4.98 Å². The Kier molecular flexibility index (Phi) is 4.80. The van der Waals surface area contributed by atoms with Gasteiger partial charge in [-0.1, -0.05) is 29.8 Å². The first-order chi connectivity index (χ1) is 11.5. The van der Waals surface area contributed by atoms with Crippen LogP contribution in [0.15, 0.2) is 33.9 Å². The van der Waals surface area contributed by atoms with E-state index in [1.165, 1.54) is 4.57 Å². The quantitative estimate of drug-likeness (QED) is 0.892. The summed E-state index contributed by atoms with van der Waals surface area (Å²) in [4.78, 5) is 31.3. The molecule has 1 saturated heterocycles. The number of aromatic nitrogens is 3. The molecule has 0 radical (unpaired) electrons. The fourth-order valence-corrected chi connectivity index (χ4v) is 2.99. The topological polar surface area (TPSA) is 89.0 Å². The number of anilines is 1. The van der Waals surface area contributed by atoms with Crippen LogP contribution in [0.4, 0.5) is 5.95 Å². The minimum atomic E-state index is -0.524. The first kappa shape index (κ1) is 16.4. The highest BCUT2D eigenvalue weighted by atomic mass is 16.5. The Balaban J connectivity index is 1.82. The maximum Gasteiger partial charge on any atom is 0.355 e. The van der Waals surface area contributed by atoms with Crippen molar-refractivity contribution < 1.29 is 4.74 Å². The van der Waals surface area contributed by atoms with Crippen LogP contribution in [0, 0.1) is 6.92 Å². The summed E-state index contributed by atoms with van der Waals surface area (Å²) in [5.41, 5.74) is 1.26. The zero-order chi connectivity index (χ0) is 17.1. The molecule has 1 aliphatic heterocycles. The number of aryl methyl sites for hydroxylation is 1. The van der Waals surface area contributed by atoms with Crippen molar-refractivity contribution in [2.45, 2.75) is 38.8 Å². The lowest BCUT2D eigenvalue weighted by Gasteiger charge is -2.23. The molecule has 0 amide bonds. The van der Waals surface area contributed by atoms with Crippen LogP contribution in [-0.2, 0) is 4.74 Å². The highest BCUT2D eigenvalue weighted by Gasteiger charge is 2.20. The minimum absolute atomic E-state index is 0.0774. The summed E-state index contributed by atoms with van der Waals surface area (Å²) in [6, 6.07) is 7.82. The van der Waals surface area contributed by atoms with Crippen LogP contribution in [0.5, 0.6) is 0 Å². The molecule has 1 aromatic heterocycles. The summed E-state index contributed by atoms with van der Waals surface area (Å²) in [5.74, 6) is 0.197. The number of hydrogen-bond donors (Lipinski definition) is 2. The normalized spacial score (nSPS) is 16.8. The smallest absolute Gasteiger partial charge is 0.355 e. The standard InChI is InChI=1S/C17H22N4O3/c1-11-4-3-5-13(10-11)12(2)18-15-19-16(22)21(17(23)20-15)14-6-8-24-9-7-14/h3-5,10,12,14H,6-9H2,1-2H3,(H2,18,19,20,22,23). The van der Waals surface area contributed by atoms with E-state index >= 15 is 0 Å². The van der Waals surface area contributed by atoms with Gasteiger partial charge in [0.15, 0.2) is 0 Å². The van der Waals surface area contributed by atoms with Crippen LogP contribution in [0.2, 0.25) is 0 Å². The van der Waals surface area contributed by atoms with Crippen molar-refractivity contribution in [3.8, 4) is 0 Å². The molecular weight excluding hydrogens is 308 g/mol. The lowest BCUT2D eigenvalue weighted by Crippen LogP contribution is -2.42. The van der Waals surface area contributed by atoms with Crippen LogP contribution in [0.1, 0.15) is 43.0 Å². The van der Waals surface area contributed by atoms with Crippen molar-refractivity contribution in [2.24, 2.45) is 0 Å². The maximum atomic E-state index is 12.3. The molecule has 1 fully saturated rings. The third-order valence-corrected chi connectivity index (χ3v) is 4.31. The Labute approximate surface area is 139 Å². The van der Waals surface area contributed by atoms with E-state index in [0.29, 0.717) is 26.1 Å². The van der Waals surface area contributed by atoms with Gasteiger partial charge in [-0.2, -0.15) is 4.98 Å². The van der Waals surface area contributed by atoms with E-state index in [2.05, 4.69) is 21.4 Å². The first-order valence-electron chi connectivity index (χ1n) is 8.18. The minimum Gasteiger partial charge on any atom is -0.381 e.